The Bertz CT molecular complexity index is 379. The molecular formula is C12H11ClS2. The first-order valence-electron chi connectivity index (χ1n) is 4.82. The second kappa shape index (κ2) is 5.69. The molecule has 1 aromatic rings. The van der Waals surface area contributed by atoms with Gasteiger partial charge < -0.3 is 0 Å². The minimum Gasteiger partial charge on any atom is -0.0905 e. The van der Waals surface area contributed by atoms with E-state index < -0.39 is 0 Å². The fourth-order valence-electron chi connectivity index (χ4n) is 1.36. The van der Waals surface area contributed by atoms with Crippen molar-refractivity contribution in [2.45, 2.75) is 22.6 Å². The van der Waals surface area contributed by atoms with E-state index in [-0.39, 0.29) is 0 Å². The van der Waals surface area contributed by atoms with Gasteiger partial charge in [0.15, 0.2) is 0 Å². The Labute approximate surface area is 103 Å². The number of halogens is 1. The fraction of sp³-hybridized carbons (Fsp3) is 0.167. The minimum absolute atomic E-state index is 1.09. The average molecular weight is 255 g/mol. The van der Waals surface area contributed by atoms with Crippen LogP contribution in [-0.4, -0.2) is 0 Å². The third-order valence-corrected chi connectivity index (χ3v) is 4.14. The first-order chi connectivity index (χ1) is 7.38. The molecule has 0 N–H and O–H groups in total. The molecule has 1 aliphatic carbocycles. The quantitative estimate of drug-likeness (QED) is 0.722. The summed E-state index contributed by atoms with van der Waals surface area (Å²) in [6, 6.07) is 8.32. The molecule has 0 spiro atoms. The third kappa shape index (κ3) is 3.33. The highest BCUT2D eigenvalue weighted by Crippen LogP contribution is 2.31. The average Bonchev–Trinajstić information content (AvgIpc) is 2.31. The summed E-state index contributed by atoms with van der Waals surface area (Å²) in [5, 5.41) is 0. The normalized spacial score (nSPS) is 15.1. The van der Waals surface area contributed by atoms with Gasteiger partial charge in [0.05, 0.1) is 0 Å². The van der Waals surface area contributed by atoms with E-state index in [1.807, 2.05) is 12.1 Å². The van der Waals surface area contributed by atoms with Crippen LogP contribution in [0.25, 0.3) is 0 Å². The zero-order chi connectivity index (χ0) is 10.5. The van der Waals surface area contributed by atoms with Crippen LogP contribution in [0.1, 0.15) is 12.8 Å². The summed E-state index contributed by atoms with van der Waals surface area (Å²) in [7, 11) is 6.92. The molecular weight excluding hydrogens is 244 g/mol. The molecule has 78 valence electrons. The molecule has 0 radical (unpaired) electrons. The zero-order valence-electron chi connectivity index (χ0n) is 8.15. The molecule has 1 aliphatic rings. The van der Waals surface area contributed by atoms with Crippen molar-refractivity contribution in [3.8, 4) is 0 Å². The summed E-state index contributed by atoms with van der Waals surface area (Å²) in [5.41, 5.74) is 0. The molecule has 0 fully saturated rings. The van der Waals surface area contributed by atoms with Crippen molar-refractivity contribution in [3.63, 3.8) is 0 Å². The SMILES string of the molecule is ClSc1ccc(SC2=CCCC=C2)cc1. The highest BCUT2D eigenvalue weighted by atomic mass is 35.7. The molecule has 0 saturated heterocycles. The molecule has 0 nitrogen and oxygen atoms in total. The molecule has 3 heteroatoms. The zero-order valence-corrected chi connectivity index (χ0v) is 10.5. The van der Waals surface area contributed by atoms with Crippen LogP contribution in [0.4, 0.5) is 0 Å². The first kappa shape index (κ1) is 11.2. The van der Waals surface area contributed by atoms with Crippen LogP contribution in [0.2, 0.25) is 0 Å². The van der Waals surface area contributed by atoms with E-state index in [4.69, 9.17) is 10.7 Å². The Balaban J connectivity index is 2.04. The second-order valence-corrected chi connectivity index (χ2v) is 5.47. The Kier molecular flexibility index (Phi) is 4.24. The number of benzene rings is 1. The molecule has 15 heavy (non-hydrogen) atoms. The summed E-state index contributed by atoms with van der Waals surface area (Å²) >= 11 is 1.81. The number of thioether (sulfide) groups is 1. The van der Waals surface area contributed by atoms with Crippen molar-refractivity contribution in [1.82, 2.24) is 0 Å². The summed E-state index contributed by atoms with van der Waals surface area (Å²) in [5.74, 6) is 0. The summed E-state index contributed by atoms with van der Waals surface area (Å²) in [4.78, 5) is 3.70. The number of rotatable bonds is 3. The second-order valence-electron chi connectivity index (χ2n) is 3.24. The number of hydrogen-bond donors (Lipinski definition) is 0. The smallest absolute Gasteiger partial charge is 0.0234 e. The highest BCUT2D eigenvalue weighted by molar-refractivity contribution is 8.21. The minimum atomic E-state index is 1.09. The maximum Gasteiger partial charge on any atom is 0.0234 e. The van der Waals surface area contributed by atoms with Gasteiger partial charge in [-0.2, -0.15) is 0 Å². The van der Waals surface area contributed by atoms with Gasteiger partial charge in [0.2, 0.25) is 0 Å². The van der Waals surface area contributed by atoms with Gasteiger partial charge in [-0.25, -0.2) is 0 Å². The molecule has 0 atom stereocenters. The van der Waals surface area contributed by atoms with Crippen LogP contribution in [-0.2, 0) is 0 Å². The molecule has 0 unspecified atom stereocenters. The Morgan fingerprint density at radius 1 is 1.00 bits per heavy atom. The maximum absolute atomic E-state index is 5.66. The molecule has 0 aliphatic heterocycles. The van der Waals surface area contributed by atoms with Crippen LogP contribution >= 0.6 is 33.4 Å². The van der Waals surface area contributed by atoms with E-state index in [0.29, 0.717) is 0 Å². The lowest BCUT2D eigenvalue weighted by Crippen LogP contribution is -1.80. The molecule has 2 rings (SSSR count). The first-order valence-corrected chi connectivity index (χ1v) is 7.27. The Hall–Kier alpha value is -0.310. The van der Waals surface area contributed by atoms with Gasteiger partial charge in [-0.15, -0.1) is 0 Å². The lowest BCUT2D eigenvalue weighted by molar-refractivity contribution is 1.03. The van der Waals surface area contributed by atoms with Gasteiger partial charge in [0, 0.05) is 14.7 Å². The highest BCUT2D eigenvalue weighted by Gasteiger charge is 2.00. The van der Waals surface area contributed by atoms with E-state index >= 15 is 0 Å². The lowest BCUT2D eigenvalue weighted by atomic mass is 10.2. The van der Waals surface area contributed by atoms with Gasteiger partial charge in [0.25, 0.3) is 0 Å². The van der Waals surface area contributed by atoms with E-state index in [0.717, 1.165) is 11.3 Å². The van der Waals surface area contributed by atoms with Crippen molar-refractivity contribution >= 4 is 33.4 Å². The number of hydrogen-bond acceptors (Lipinski definition) is 2. The summed E-state index contributed by atoms with van der Waals surface area (Å²) in [6.45, 7) is 0. The Morgan fingerprint density at radius 2 is 1.73 bits per heavy atom. The molecule has 0 bridgehead atoms. The van der Waals surface area contributed by atoms with Gasteiger partial charge in [-0.05, 0) is 58.8 Å². The van der Waals surface area contributed by atoms with Crippen molar-refractivity contribution in [1.29, 1.82) is 0 Å². The molecule has 0 saturated carbocycles. The number of allylic oxidation sites excluding steroid dienone is 3. The van der Waals surface area contributed by atoms with E-state index in [1.165, 1.54) is 27.2 Å². The fourth-order valence-corrected chi connectivity index (χ4v) is 2.82. The predicted molar refractivity (Wildman–Crippen MR) is 70.5 cm³/mol. The van der Waals surface area contributed by atoms with Crippen LogP contribution in [0.3, 0.4) is 0 Å². The summed E-state index contributed by atoms with van der Waals surface area (Å²) < 4.78 is 0. The predicted octanol–water partition coefficient (Wildman–Crippen LogP) is 5.26. The lowest BCUT2D eigenvalue weighted by Gasteiger charge is -2.06. The third-order valence-electron chi connectivity index (χ3n) is 2.11. The van der Waals surface area contributed by atoms with Crippen LogP contribution < -0.4 is 0 Å². The van der Waals surface area contributed by atoms with Crippen molar-refractivity contribution in [2.24, 2.45) is 0 Å². The van der Waals surface area contributed by atoms with Crippen molar-refractivity contribution in [3.05, 3.63) is 47.4 Å². The van der Waals surface area contributed by atoms with E-state index in [2.05, 4.69) is 30.4 Å². The topological polar surface area (TPSA) is 0 Å². The molecule has 1 aromatic carbocycles. The van der Waals surface area contributed by atoms with Gasteiger partial charge in [-0.1, -0.05) is 30.0 Å². The van der Waals surface area contributed by atoms with Crippen molar-refractivity contribution in [2.75, 3.05) is 0 Å². The van der Waals surface area contributed by atoms with Crippen LogP contribution in [0.15, 0.2) is 57.2 Å². The van der Waals surface area contributed by atoms with Gasteiger partial charge in [0.1, 0.15) is 0 Å². The molecule has 0 aromatic heterocycles. The maximum atomic E-state index is 5.66. The van der Waals surface area contributed by atoms with Gasteiger partial charge >= 0.3 is 0 Å². The largest absolute Gasteiger partial charge is 0.0905 e. The molecule has 0 amide bonds. The van der Waals surface area contributed by atoms with Gasteiger partial charge in [-0.3, -0.25) is 0 Å². The molecule has 0 heterocycles. The monoisotopic (exact) mass is 254 g/mol. The van der Waals surface area contributed by atoms with E-state index in [9.17, 15) is 0 Å². The van der Waals surface area contributed by atoms with Crippen LogP contribution in [0, 0.1) is 0 Å². The standard InChI is InChI=1S/C12H11ClS2/c13-15-12-8-6-11(7-9-12)14-10-4-2-1-3-5-10/h2,4-9H,1,3H2. The van der Waals surface area contributed by atoms with Crippen molar-refractivity contribution < 1.29 is 0 Å². The van der Waals surface area contributed by atoms with E-state index in [1.54, 1.807) is 11.8 Å². The Morgan fingerprint density at radius 3 is 2.33 bits per heavy atom. The van der Waals surface area contributed by atoms with Crippen LogP contribution in [0.5, 0.6) is 0 Å². The summed E-state index contributed by atoms with van der Waals surface area (Å²) in [6.07, 6.45) is 9.04.